The molecular formula is C12H22N2O4. The molecule has 1 unspecified atom stereocenters. The van der Waals surface area contributed by atoms with Crippen molar-refractivity contribution in [3.05, 3.63) is 0 Å². The molecule has 1 rings (SSSR count). The second kappa shape index (κ2) is 7.92. The molecule has 104 valence electrons. The van der Waals surface area contributed by atoms with Crippen LogP contribution in [-0.2, 0) is 9.53 Å². The Hall–Kier alpha value is -1.30. The molecule has 0 aromatic carbocycles. The fourth-order valence-corrected chi connectivity index (χ4v) is 1.86. The smallest absolute Gasteiger partial charge is 0.326 e. The second-order valence-corrected chi connectivity index (χ2v) is 4.44. The average molecular weight is 258 g/mol. The molecule has 0 radical (unpaired) electrons. The number of nitrogens with zero attached hydrogens (tertiary/aromatic N) is 1. The molecule has 18 heavy (non-hydrogen) atoms. The van der Waals surface area contributed by atoms with Gasteiger partial charge in [-0.05, 0) is 6.42 Å². The lowest BCUT2D eigenvalue weighted by Crippen LogP contribution is -2.51. The SMILES string of the molecule is CCCCCC(NC(=O)N1CCOCC1)C(=O)O. The van der Waals surface area contributed by atoms with E-state index < -0.39 is 12.0 Å². The molecule has 0 bridgehead atoms. The largest absolute Gasteiger partial charge is 0.480 e. The Morgan fingerprint density at radius 2 is 2.00 bits per heavy atom. The van der Waals surface area contributed by atoms with Crippen LogP contribution in [0.2, 0.25) is 0 Å². The Morgan fingerprint density at radius 3 is 2.56 bits per heavy atom. The monoisotopic (exact) mass is 258 g/mol. The molecule has 1 atom stereocenters. The molecule has 2 amide bonds. The minimum atomic E-state index is -0.965. The highest BCUT2D eigenvalue weighted by molar-refractivity contribution is 5.82. The topological polar surface area (TPSA) is 78.9 Å². The van der Waals surface area contributed by atoms with Gasteiger partial charge in [-0.25, -0.2) is 9.59 Å². The van der Waals surface area contributed by atoms with Crippen LogP contribution >= 0.6 is 0 Å². The summed E-state index contributed by atoms with van der Waals surface area (Å²) in [6.45, 7) is 4.13. The normalized spacial score (nSPS) is 17.3. The number of carbonyl (C=O) groups excluding carboxylic acids is 1. The highest BCUT2D eigenvalue weighted by Gasteiger charge is 2.23. The maximum absolute atomic E-state index is 11.8. The van der Waals surface area contributed by atoms with Gasteiger partial charge in [0.1, 0.15) is 6.04 Å². The third-order valence-corrected chi connectivity index (χ3v) is 2.99. The van der Waals surface area contributed by atoms with E-state index in [0.29, 0.717) is 32.7 Å². The number of carbonyl (C=O) groups is 2. The number of rotatable bonds is 6. The number of unbranched alkanes of at least 4 members (excludes halogenated alkanes) is 2. The average Bonchev–Trinajstić information content (AvgIpc) is 2.38. The van der Waals surface area contributed by atoms with Gasteiger partial charge in [-0.1, -0.05) is 26.2 Å². The van der Waals surface area contributed by atoms with Crippen LogP contribution in [0.1, 0.15) is 32.6 Å². The van der Waals surface area contributed by atoms with E-state index in [2.05, 4.69) is 12.2 Å². The number of carboxylic acids is 1. The number of urea groups is 1. The number of amides is 2. The summed E-state index contributed by atoms with van der Waals surface area (Å²) in [5.41, 5.74) is 0. The first kappa shape index (κ1) is 14.8. The third kappa shape index (κ3) is 4.91. The predicted octanol–water partition coefficient (Wildman–Crippen LogP) is 1.06. The van der Waals surface area contributed by atoms with Gasteiger partial charge < -0.3 is 20.1 Å². The van der Waals surface area contributed by atoms with Gasteiger partial charge in [0, 0.05) is 13.1 Å². The van der Waals surface area contributed by atoms with Gasteiger partial charge in [0.25, 0.3) is 0 Å². The van der Waals surface area contributed by atoms with Crippen molar-refractivity contribution in [2.75, 3.05) is 26.3 Å². The van der Waals surface area contributed by atoms with Gasteiger partial charge in [-0.3, -0.25) is 0 Å². The van der Waals surface area contributed by atoms with Crippen molar-refractivity contribution in [3.8, 4) is 0 Å². The fraction of sp³-hybridized carbons (Fsp3) is 0.833. The Morgan fingerprint density at radius 1 is 1.33 bits per heavy atom. The maximum Gasteiger partial charge on any atom is 0.326 e. The number of carboxylic acid groups (broad SMARTS) is 1. The Balaban J connectivity index is 2.38. The quantitative estimate of drug-likeness (QED) is 0.698. The van der Waals surface area contributed by atoms with E-state index in [1.165, 1.54) is 0 Å². The number of hydrogen-bond acceptors (Lipinski definition) is 3. The van der Waals surface area contributed by atoms with Crippen molar-refractivity contribution in [2.45, 2.75) is 38.6 Å². The molecule has 6 nitrogen and oxygen atoms in total. The first-order valence-electron chi connectivity index (χ1n) is 6.51. The Bertz CT molecular complexity index is 277. The van der Waals surface area contributed by atoms with Gasteiger partial charge in [-0.2, -0.15) is 0 Å². The number of morpholine rings is 1. The molecule has 1 aliphatic rings. The minimum absolute atomic E-state index is 0.304. The molecule has 0 aliphatic carbocycles. The molecule has 6 heteroatoms. The molecule has 2 N–H and O–H groups in total. The summed E-state index contributed by atoms with van der Waals surface area (Å²) in [6, 6.07) is -1.09. The molecule has 1 saturated heterocycles. The van der Waals surface area contributed by atoms with E-state index in [4.69, 9.17) is 9.84 Å². The molecule has 0 spiro atoms. The predicted molar refractivity (Wildman–Crippen MR) is 66.5 cm³/mol. The summed E-state index contributed by atoms with van der Waals surface area (Å²) in [4.78, 5) is 24.5. The molecule has 1 aliphatic heterocycles. The van der Waals surface area contributed by atoms with Crippen LogP contribution < -0.4 is 5.32 Å². The molecule has 1 fully saturated rings. The zero-order valence-electron chi connectivity index (χ0n) is 10.9. The lowest BCUT2D eigenvalue weighted by molar-refractivity contribution is -0.139. The fourth-order valence-electron chi connectivity index (χ4n) is 1.86. The van der Waals surface area contributed by atoms with Crippen LogP contribution in [0.3, 0.4) is 0 Å². The number of hydrogen-bond donors (Lipinski definition) is 2. The van der Waals surface area contributed by atoms with Gasteiger partial charge in [0.2, 0.25) is 0 Å². The number of aliphatic carboxylic acids is 1. The zero-order valence-corrected chi connectivity index (χ0v) is 10.9. The minimum Gasteiger partial charge on any atom is -0.480 e. The Kier molecular flexibility index (Phi) is 6.49. The molecule has 0 saturated carbocycles. The second-order valence-electron chi connectivity index (χ2n) is 4.44. The van der Waals surface area contributed by atoms with Crippen molar-refractivity contribution in [1.29, 1.82) is 0 Å². The van der Waals surface area contributed by atoms with Crippen molar-refractivity contribution in [1.82, 2.24) is 10.2 Å². The highest BCUT2D eigenvalue weighted by atomic mass is 16.5. The maximum atomic E-state index is 11.8. The number of ether oxygens (including phenoxy) is 1. The van der Waals surface area contributed by atoms with Crippen molar-refractivity contribution in [3.63, 3.8) is 0 Å². The summed E-state index contributed by atoms with van der Waals surface area (Å²) in [6.07, 6.45) is 3.32. The van der Waals surface area contributed by atoms with E-state index in [0.717, 1.165) is 19.3 Å². The lowest BCUT2D eigenvalue weighted by Gasteiger charge is -2.28. The third-order valence-electron chi connectivity index (χ3n) is 2.99. The molecule has 1 heterocycles. The van der Waals surface area contributed by atoms with E-state index in [9.17, 15) is 9.59 Å². The van der Waals surface area contributed by atoms with E-state index in [-0.39, 0.29) is 6.03 Å². The van der Waals surface area contributed by atoms with Crippen molar-refractivity contribution in [2.24, 2.45) is 0 Å². The van der Waals surface area contributed by atoms with Gasteiger partial charge in [0.15, 0.2) is 0 Å². The number of nitrogens with one attached hydrogen (secondary N) is 1. The highest BCUT2D eigenvalue weighted by Crippen LogP contribution is 2.05. The standard InChI is InChI=1S/C12H22N2O4/c1-2-3-4-5-10(11(15)16)13-12(17)14-6-8-18-9-7-14/h10H,2-9H2,1H3,(H,13,17)(H,15,16). The van der Waals surface area contributed by atoms with E-state index in [1.807, 2.05) is 0 Å². The van der Waals surface area contributed by atoms with Gasteiger partial charge >= 0.3 is 12.0 Å². The molecule has 0 aromatic rings. The summed E-state index contributed by atoms with van der Waals surface area (Å²) >= 11 is 0. The van der Waals surface area contributed by atoms with E-state index >= 15 is 0 Å². The summed E-state index contributed by atoms with van der Waals surface area (Å²) in [7, 11) is 0. The summed E-state index contributed by atoms with van der Waals surface area (Å²) < 4.78 is 5.14. The van der Waals surface area contributed by atoms with E-state index in [1.54, 1.807) is 4.90 Å². The first-order valence-corrected chi connectivity index (χ1v) is 6.51. The van der Waals surface area contributed by atoms with Crippen LogP contribution in [0, 0.1) is 0 Å². The lowest BCUT2D eigenvalue weighted by atomic mass is 10.1. The summed E-state index contributed by atoms with van der Waals surface area (Å²) in [5, 5.41) is 11.6. The molecular weight excluding hydrogens is 236 g/mol. The van der Waals surface area contributed by atoms with Crippen molar-refractivity contribution < 1.29 is 19.4 Å². The van der Waals surface area contributed by atoms with Crippen molar-refractivity contribution >= 4 is 12.0 Å². The summed E-state index contributed by atoms with van der Waals surface area (Å²) in [5.74, 6) is -0.965. The Labute approximate surface area is 107 Å². The van der Waals surface area contributed by atoms with Crippen LogP contribution in [0.4, 0.5) is 4.79 Å². The zero-order chi connectivity index (χ0) is 13.4. The van der Waals surface area contributed by atoms with Gasteiger partial charge in [0.05, 0.1) is 13.2 Å². The molecule has 0 aromatic heterocycles. The first-order chi connectivity index (χ1) is 8.65. The van der Waals surface area contributed by atoms with Crippen LogP contribution in [0.5, 0.6) is 0 Å². The van der Waals surface area contributed by atoms with Crippen LogP contribution in [0.15, 0.2) is 0 Å². The van der Waals surface area contributed by atoms with Crippen LogP contribution in [0.25, 0.3) is 0 Å². The van der Waals surface area contributed by atoms with Gasteiger partial charge in [-0.15, -0.1) is 0 Å². The van der Waals surface area contributed by atoms with Crippen LogP contribution in [-0.4, -0.2) is 54.4 Å².